The predicted molar refractivity (Wildman–Crippen MR) is 139 cm³/mol. The van der Waals surface area contributed by atoms with Crippen LogP contribution in [0.25, 0.3) is 0 Å². The van der Waals surface area contributed by atoms with Crippen LogP contribution in [0.1, 0.15) is 51.2 Å². The lowest BCUT2D eigenvalue weighted by Crippen LogP contribution is -2.44. The molecule has 3 rings (SSSR count). The van der Waals surface area contributed by atoms with E-state index in [1.54, 1.807) is 55.7 Å². The van der Waals surface area contributed by atoms with Gasteiger partial charge in [-0.3, -0.25) is 24.2 Å². The molecule has 0 bridgehead atoms. The minimum Gasteiger partial charge on any atom is -0.494 e. The fourth-order valence-electron chi connectivity index (χ4n) is 3.58. The number of nitrogen functional groups attached to an aromatic ring is 1. The van der Waals surface area contributed by atoms with E-state index in [-0.39, 0.29) is 29.4 Å². The Balaban J connectivity index is 2.08. The Morgan fingerprint density at radius 2 is 1.84 bits per heavy atom. The molecule has 5 N–H and O–H groups in total. The van der Waals surface area contributed by atoms with Crippen LogP contribution in [0.5, 0.6) is 5.75 Å². The second kappa shape index (κ2) is 13.1. The Hall–Kier alpha value is -4.52. The Morgan fingerprint density at radius 1 is 1.11 bits per heavy atom. The van der Waals surface area contributed by atoms with Gasteiger partial charge in [0.2, 0.25) is 5.91 Å². The summed E-state index contributed by atoms with van der Waals surface area (Å²) in [7, 11) is 0. The third-order valence-electron chi connectivity index (χ3n) is 5.27. The highest BCUT2D eigenvalue weighted by atomic mass is 32.1. The van der Waals surface area contributed by atoms with Gasteiger partial charge in [-0.2, -0.15) is 4.37 Å². The van der Waals surface area contributed by atoms with Gasteiger partial charge < -0.3 is 31.2 Å². The largest absolute Gasteiger partial charge is 0.494 e. The predicted octanol–water partition coefficient (Wildman–Crippen LogP) is 1.68. The topological polar surface area (TPSA) is 180 Å². The number of hydrogen-bond acceptors (Lipinski definition) is 10. The standard InChI is InChI=1S/C25H28N6O6S/c1-3-36-17-9-7-16(8-10-17)21(24(34)29-13-18(32)37-4-2)31(14-15-6-5-11-28-12-15)25(35)22-19(26)20(23(27)33)30-38-22/h5-12,21H,3-4,13-14,26H2,1-2H3,(H2,27,33)(H,29,34)/t21-/m1/s1. The van der Waals surface area contributed by atoms with Gasteiger partial charge in [-0.1, -0.05) is 18.2 Å². The summed E-state index contributed by atoms with van der Waals surface area (Å²) in [4.78, 5) is 56.4. The highest BCUT2D eigenvalue weighted by Gasteiger charge is 2.35. The van der Waals surface area contributed by atoms with Gasteiger partial charge in [0.05, 0.1) is 18.9 Å². The molecule has 38 heavy (non-hydrogen) atoms. The highest BCUT2D eigenvalue weighted by molar-refractivity contribution is 7.09. The number of benzene rings is 1. The summed E-state index contributed by atoms with van der Waals surface area (Å²) in [5, 5.41) is 2.54. The van der Waals surface area contributed by atoms with Gasteiger partial charge in [0.15, 0.2) is 5.69 Å². The van der Waals surface area contributed by atoms with Crippen LogP contribution in [0, 0.1) is 0 Å². The lowest BCUT2D eigenvalue weighted by atomic mass is 10.0. The molecule has 0 radical (unpaired) electrons. The number of carbonyl (C=O) groups excluding carboxylic acids is 4. The van der Waals surface area contributed by atoms with E-state index in [0.29, 0.717) is 35.0 Å². The molecule has 12 nitrogen and oxygen atoms in total. The fraction of sp³-hybridized carbons (Fsp3) is 0.280. The van der Waals surface area contributed by atoms with E-state index < -0.39 is 36.3 Å². The van der Waals surface area contributed by atoms with Crippen molar-refractivity contribution in [1.29, 1.82) is 0 Å². The van der Waals surface area contributed by atoms with E-state index in [1.165, 1.54) is 4.90 Å². The molecule has 0 fully saturated rings. The van der Waals surface area contributed by atoms with Crippen molar-refractivity contribution in [1.82, 2.24) is 19.6 Å². The number of pyridine rings is 1. The zero-order chi connectivity index (χ0) is 27.7. The quantitative estimate of drug-likeness (QED) is 0.288. The minimum atomic E-state index is -1.22. The summed E-state index contributed by atoms with van der Waals surface area (Å²) >= 11 is 0.701. The molecular weight excluding hydrogens is 512 g/mol. The van der Waals surface area contributed by atoms with E-state index >= 15 is 0 Å². The molecule has 13 heteroatoms. The molecule has 0 aliphatic carbocycles. The van der Waals surface area contributed by atoms with Gasteiger partial charge in [-0.15, -0.1) is 0 Å². The molecule has 3 amide bonds. The van der Waals surface area contributed by atoms with Crippen molar-refractivity contribution in [3.05, 3.63) is 70.5 Å². The number of hydrogen-bond donors (Lipinski definition) is 3. The number of nitrogens with zero attached hydrogens (tertiary/aromatic N) is 3. The first kappa shape index (κ1) is 28.1. The van der Waals surface area contributed by atoms with Gasteiger partial charge in [-0.25, -0.2) is 0 Å². The van der Waals surface area contributed by atoms with E-state index in [1.807, 2.05) is 6.92 Å². The number of aromatic nitrogens is 2. The van der Waals surface area contributed by atoms with Crippen LogP contribution in [0.3, 0.4) is 0 Å². The molecule has 200 valence electrons. The van der Waals surface area contributed by atoms with Gasteiger partial charge >= 0.3 is 5.97 Å². The summed E-state index contributed by atoms with van der Waals surface area (Å²) < 4.78 is 14.3. The van der Waals surface area contributed by atoms with Crippen molar-refractivity contribution in [2.24, 2.45) is 5.73 Å². The van der Waals surface area contributed by atoms with Crippen LogP contribution in [0.2, 0.25) is 0 Å². The van der Waals surface area contributed by atoms with Gasteiger partial charge in [0.25, 0.3) is 11.8 Å². The number of rotatable bonds is 12. The molecular formula is C25H28N6O6S. The fourth-order valence-corrected chi connectivity index (χ4v) is 4.34. The summed E-state index contributed by atoms with van der Waals surface area (Å²) in [5.41, 5.74) is 12.0. The van der Waals surface area contributed by atoms with Crippen LogP contribution in [0.4, 0.5) is 5.69 Å². The first-order valence-corrected chi connectivity index (χ1v) is 12.4. The molecule has 0 aliphatic rings. The average molecular weight is 541 g/mol. The second-order valence-electron chi connectivity index (χ2n) is 7.86. The maximum atomic E-state index is 13.9. The number of anilines is 1. The van der Waals surface area contributed by atoms with Crippen molar-refractivity contribution in [3.63, 3.8) is 0 Å². The molecule has 0 saturated heterocycles. The number of ether oxygens (including phenoxy) is 2. The van der Waals surface area contributed by atoms with E-state index in [2.05, 4.69) is 14.7 Å². The van der Waals surface area contributed by atoms with E-state index in [9.17, 15) is 19.2 Å². The number of nitrogens with one attached hydrogen (secondary N) is 1. The molecule has 1 aromatic carbocycles. The lowest BCUT2D eigenvalue weighted by Gasteiger charge is -2.31. The molecule has 2 heterocycles. The SMILES string of the molecule is CCOC(=O)CNC(=O)[C@@H](c1ccc(OCC)cc1)N(Cc1cccnc1)C(=O)c1snc(C(N)=O)c1N. The Kier molecular flexibility index (Phi) is 9.71. The number of esters is 1. The number of nitrogens with two attached hydrogens (primary N) is 2. The van der Waals surface area contributed by atoms with Crippen LogP contribution in [0.15, 0.2) is 48.8 Å². The maximum Gasteiger partial charge on any atom is 0.325 e. The zero-order valence-corrected chi connectivity index (χ0v) is 21.7. The van der Waals surface area contributed by atoms with Crippen LogP contribution in [-0.4, -0.2) is 57.7 Å². The third kappa shape index (κ3) is 6.82. The Bertz CT molecular complexity index is 1280. The first-order chi connectivity index (χ1) is 18.3. The molecule has 0 saturated carbocycles. The minimum absolute atomic E-state index is 0.0549. The van der Waals surface area contributed by atoms with Crippen LogP contribution in [-0.2, 0) is 20.9 Å². The molecule has 2 aromatic heterocycles. The molecule has 0 aliphatic heterocycles. The first-order valence-electron chi connectivity index (χ1n) is 11.7. The van der Waals surface area contributed by atoms with Gasteiger partial charge in [0, 0.05) is 18.9 Å². The van der Waals surface area contributed by atoms with Crippen molar-refractivity contribution < 1.29 is 28.7 Å². The van der Waals surface area contributed by atoms with E-state index in [4.69, 9.17) is 20.9 Å². The number of primary amides is 1. The Labute approximate surface area is 223 Å². The van der Waals surface area contributed by atoms with Gasteiger partial charge in [-0.05, 0) is 54.7 Å². The lowest BCUT2D eigenvalue weighted by molar-refractivity contribution is -0.143. The molecule has 3 aromatic rings. The van der Waals surface area contributed by atoms with Gasteiger partial charge in [0.1, 0.15) is 23.2 Å². The molecule has 0 spiro atoms. The Morgan fingerprint density at radius 3 is 2.42 bits per heavy atom. The monoisotopic (exact) mass is 540 g/mol. The van der Waals surface area contributed by atoms with Crippen molar-refractivity contribution in [2.75, 3.05) is 25.5 Å². The second-order valence-corrected chi connectivity index (χ2v) is 8.63. The summed E-state index contributed by atoms with van der Waals surface area (Å²) in [6.07, 6.45) is 3.13. The maximum absolute atomic E-state index is 13.9. The summed E-state index contributed by atoms with van der Waals surface area (Å²) in [6, 6.07) is 8.85. The van der Waals surface area contributed by atoms with Crippen LogP contribution < -0.4 is 21.5 Å². The summed E-state index contributed by atoms with van der Waals surface area (Å²) in [6.45, 7) is 3.63. The van der Waals surface area contributed by atoms with Crippen LogP contribution >= 0.6 is 11.5 Å². The van der Waals surface area contributed by atoms with Crippen molar-refractivity contribution in [2.45, 2.75) is 26.4 Å². The molecule has 1 atom stereocenters. The molecule has 0 unspecified atom stereocenters. The third-order valence-corrected chi connectivity index (χ3v) is 6.12. The number of amides is 3. The average Bonchev–Trinajstić information content (AvgIpc) is 3.30. The van der Waals surface area contributed by atoms with E-state index in [0.717, 1.165) is 0 Å². The van der Waals surface area contributed by atoms with Crippen molar-refractivity contribution in [3.8, 4) is 5.75 Å². The van der Waals surface area contributed by atoms with Crippen molar-refractivity contribution >= 4 is 40.9 Å². The number of carbonyl (C=O) groups is 4. The highest BCUT2D eigenvalue weighted by Crippen LogP contribution is 2.31. The normalized spacial score (nSPS) is 11.3. The smallest absolute Gasteiger partial charge is 0.325 e. The summed E-state index contributed by atoms with van der Waals surface area (Å²) in [5.74, 6) is -2.25. The zero-order valence-electron chi connectivity index (χ0n) is 20.9.